The van der Waals surface area contributed by atoms with Crippen LogP contribution >= 0.6 is 0 Å². The molecule has 1 aromatic carbocycles. The lowest BCUT2D eigenvalue weighted by molar-refractivity contribution is 0.0780. The van der Waals surface area contributed by atoms with Crippen LogP contribution < -0.4 is 4.31 Å². The molecule has 2 heterocycles. The molecule has 134 valence electrons. The number of aromatic nitrogens is 2. The second-order valence-corrected chi connectivity index (χ2v) is 8.43. The Morgan fingerprint density at radius 1 is 1.40 bits per heavy atom. The summed E-state index contributed by atoms with van der Waals surface area (Å²) in [6.07, 6.45) is 5.35. The minimum atomic E-state index is -3.33. The van der Waals surface area contributed by atoms with Crippen LogP contribution in [0.2, 0.25) is 0 Å². The number of amides is 1. The number of imidazole rings is 1. The number of benzene rings is 1. The molecule has 0 aliphatic carbocycles. The number of rotatable bonds is 4. The Morgan fingerprint density at radius 3 is 2.72 bits per heavy atom. The number of hydrogen-bond donors (Lipinski definition) is 0. The summed E-state index contributed by atoms with van der Waals surface area (Å²) >= 11 is 0. The van der Waals surface area contributed by atoms with Gasteiger partial charge >= 0.3 is 0 Å². The standard InChI is InChI=1S/C17H22N4O3S/c1-12-9-14-10-13(5-6-15(14)21(12)25(4,23)24)17(22)20(3)11-16-18-7-8-19(16)2/h5-8,10,12H,9,11H2,1-4H3. The predicted octanol–water partition coefficient (Wildman–Crippen LogP) is 1.40. The first-order chi connectivity index (χ1) is 11.7. The summed E-state index contributed by atoms with van der Waals surface area (Å²) in [5.41, 5.74) is 2.10. The van der Waals surface area contributed by atoms with E-state index in [1.807, 2.05) is 24.7 Å². The topological polar surface area (TPSA) is 75.5 Å². The number of aryl methyl sites for hydroxylation is 1. The average Bonchev–Trinajstić information content (AvgIpc) is 3.07. The molecular formula is C17H22N4O3S. The number of anilines is 1. The van der Waals surface area contributed by atoms with Gasteiger partial charge in [0.05, 0.1) is 18.5 Å². The van der Waals surface area contributed by atoms with Gasteiger partial charge in [-0.3, -0.25) is 9.10 Å². The quantitative estimate of drug-likeness (QED) is 0.824. The third-order valence-electron chi connectivity index (χ3n) is 4.48. The Balaban J connectivity index is 1.84. The van der Waals surface area contributed by atoms with Gasteiger partial charge in [-0.25, -0.2) is 13.4 Å². The van der Waals surface area contributed by atoms with Crippen LogP contribution in [0.1, 0.15) is 28.7 Å². The van der Waals surface area contributed by atoms with Crippen LogP contribution in [-0.2, 0) is 30.0 Å². The van der Waals surface area contributed by atoms with Crippen molar-refractivity contribution >= 4 is 21.6 Å². The van der Waals surface area contributed by atoms with Crippen LogP contribution in [0.5, 0.6) is 0 Å². The van der Waals surface area contributed by atoms with E-state index in [4.69, 9.17) is 0 Å². The highest BCUT2D eigenvalue weighted by molar-refractivity contribution is 7.92. The van der Waals surface area contributed by atoms with E-state index in [1.165, 1.54) is 10.6 Å². The van der Waals surface area contributed by atoms with Crippen LogP contribution in [-0.4, -0.2) is 48.1 Å². The Bertz CT molecular complexity index is 920. The van der Waals surface area contributed by atoms with Crippen molar-refractivity contribution in [2.45, 2.75) is 25.9 Å². The minimum absolute atomic E-state index is 0.115. The number of carbonyl (C=O) groups is 1. The number of sulfonamides is 1. The SMILES string of the molecule is CC1Cc2cc(C(=O)N(C)Cc3nccn3C)ccc2N1S(C)(=O)=O. The molecule has 0 N–H and O–H groups in total. The molecule has 1 amide bonds. The summed E-state index contributed by atoms with van der Waals surface area (Å²) < 4.78 is 27.3. The van der Waals surface area contributed by atoms with Crippen LogP contribution in [0.3, 0.4) is 0 Å². The molecule has 8 heteroatoms. The van der Waals surface area contributed by atoms with E-state index in [2.05, 4.69) is 4.98 Å². The van der Waals surface area contributed by atoms with Crippen molar-refractivity contribution in [3.63, 3.8) is 0 Å². The molecule has 1 atom stereocenters. The van der Waals surface area contributed by atoms with E-state index >= 15 is 0 Å². The van der Waals surface area contributed by atoms with Crippen molar-refractivity contribution in [2.24, 2.45) is 7.05 Å². The van der Waals surface area contributed by atoms with Gasteiger partial charge in [0, 0.05) is 38.1 Å². The minimum Gasteiger partial charge on any atom is -0.337 e. The molecule has 1 aliphatic rings. The van der Waals surface area contributed by atoms with Crippen LogP contribution in [0.4, 0.5) is 5.69 Å². The summed E-state index contributed by atoms with van der Waals surface area (Å²) in [5.74, 6) is 0.685. The van der Waals surface area contributed by atoms with Crippen molar-refractivity contribution in [3.05, 3.63) is 47.5 Å². The van der Waals surface area contributed by atoms with E-state index in [1.54, 1.807) is 36.3 Å². The van der Waals surface area contributed by atoms with Gasteiger partial charge in [-0.1, -0.05) is 0 Å². The zero-order valence-corrected chi connectivity index (χ0v) is 15.6. The molecule has 0 radical (unpaired) electrons. The highest BCUT2D eigenvalue weighted by Crippen LogP contribution is 2.34. The molecule has 0 saturated carbocycles. The maximum Gasteiger partial charge on any atom is 0.254 e. The fourth-order valence-electron chi connectivity index (χ4n) is 3.29. The number of hydrogen-bond acceptors (Lipinski definition) is 4. The van der Waals surface area contributed by atoms with E-state index in [9.17, 15) is 13.2 Å². The van der Waals surface area contributed by atoms with Gasteiger partial charge in [-0.2, -0.15) is 0 Å². The molecule has 0 bridgehead atoms. The maximum absolute atomic E-state index is 12.7. The van der Waals surface area contributed by atoms with Crippen molar-refractivity contribution in [1.29, 1.82) is 0 Å². The molecule has 0 saturated heterocycles. The normalized spacial score (nSPS) is 16.8. The maximum atomic E-state index is 12.7. The lowest BCUT2D eigenvalue weighted by Gasteiger charge is -2.22. The molecule has 7 nitrogen and oxygen atoms in total. The molecule has 1 aromatic heterocycles. The van der Waals surface area contributed by atoms with Gasteiger partial charge in [0.15, 0.2) is 0 Å². The number of fused-ring (bicyclic) bond motifs is 1. The summed E-state index contributed by atoms with van der Waals surface area (Å²) in [6.45, 7) is 2.28. The second-order valence-electron chi connectivity index (χ2n) is 6.57. The number of carbonyl (C=O) groups excluding carboxylic acids is 1. The Kier molecular flexibility index (Phi) is 4.32. The molecule has 0 spiro atoms. The lowest BCUT2D eigenvalue weighted by Crippen LogP contribution is -2.34. The molecule has 3 rings (SSSR count). The molecule has 1 unspecified atom stereocenters. The molecule has 0 fully saturated rings. The monoisotopic (exact) mass is 362 g/mol. The Hall–Kier alpha value is -2.35. The largest absolute Gasteiger partial charge is 0.337 e. The van der Waals surface area contributed by atoms with E-state index in [0.717, 1.165) is 11.4 Å². The van der Waals surface area contributed by atoms with Crippen LogP contribution in [0.25, 0.3) is 0 Å². The van der Waals surface area contributed by atoms with Gasteiger partial charge in [-0.05, 0) is 37.1 Å². The van der Waals surface area contributed by atoms with Gasteiger partial charge in [0.2, 0.25) is 10.0 Å². The molecule has 25 heavy (non-hydrogen) atoms. The zero-order chi connectivity index (χ0) is 18.4. The molecular weight excluding hydrogens is 340 g/mol. The van der Waals surface area contributed by atoms with Crippen molar-refractivity contribution in [2.75, 3.05) is 17.6 Å². The van der Waals surface area contributed by atoms with Gasteiger partial charge in [0.1, 0.15) is 5.82 Å². The van der Waals surface area contributed by atoms with Crippen LogP contribution in [0.15, 0.2) is 30.6 Å². The van der Waals surface area contributed by atoms with Gasteiger partial charge < -0.3 is 9.47 Å². The average molecular weight is 362 g/mol. The van der Waals surface area contributed by atoms with Crippen molar-refractivity contribution in [1.82, 2.24) is 14.5 Å². The predicted molar refractivity (Wildman–Crippen MR) is 95.9 cm³/mol. The summed E-state index contributed by atoms with van der Waals surface area (Å²) in [4.78, 5) is 18.5. The van der Waals surface area contributed by atoms with E-state index in [-0.39, 0.29) is 11.9 Å². The first kappa shape index (κ1) is 17.5. The zero-order valence-electron chi connectivity index (χ0n) is 14.8. The third-order valence-corrected chi connectivity index (χ3v) is 5.75. The van der Waals surface area contributed by atoms with Crippen LogP contribution in [0, 0.1) is 0 Å². The molecule has 1 aliphatic heterocycles. The Labute approximate surface area is 147 Å². The van der Waals surface area contributed by atoms with Gasteiger partial charge in [-0.15, -0.1) is 0 Å². The fraction of sp³-hybridized carbons (Fsp3) is 0.412. The first-order valence-electron chi connectivity index (χ1n) is 8.02. The van der Waals surface area contributed by atoms with Gasteiger partial charge in [0.25, 0.3) is 5.91 Å². The third kappa shape index (κ3) is 3.26. The summed E-state index contributed by atoms with van der Waals surface area (Å²) in [7, 11) is 0.291. The van der Waals surface area contributed by atoms with E-state index in [0.29, 0.717) is 24.2 Å². The lowest BCUT2D eigenvalue weighted by atomic mass is 10.1. The summed E-state index contributed by atoms with van der Waals surface area (Å²) in [6, 6.07) is 5.07. The smallest absolute Gasteiger partial charge is 0.254 e. The highest BCUT2D eigenvalue weighted by Gasteiger charge is 2.33. The fourth-order valence-corrected chi connectivity index (χ4v) is 4.56. The first-order valence-corrected chi connectivity index (χ1v) is 9.87. The highest BCUT2D eigenvalue weighted by atomic mass is 32.2. The second kappa shape index (κ2) is 6.18. The van der Waals surface area contributed by atoms with Crippen molar-refractivity contribution < 1.29 is 13.2 Å². The Morgan fingerprint density at radius 2 is 2.12 bits per heavy atom. The number of nitrogens with zero attached hydrogens (tertiary/aromatic N) is 4. The van der Waals surface area contributed by atoms with Crippen molar-refractivity contribution in [3.8, 4) is 0 Å². The molecule has 2 aromatic rings. The van der Waals surface area contributed by atoms with E-state index < -0.39 is 10.0 Å². The summed E-state index contributed by atoms with van der Waals surface area (Å²) in [5, 5.41) is 0.